The number of nitrogens with zero attached hydrogens (tertiary/aromatic N) is 7. The highest BCUT2D eigenvalue weighted by Crippen LogP contribution is 2.24. The summed E-state index contributed by atoms with van der Waals surface area (Å²) in [5.41, 5.74) is 0.992. The van der Waals surface area contributed by atoms with Crippen LogP contribution in [0.3, 0.4) is 0 Å². The predicted octanol–water partition coefficient (Wildman–Crippen LogP) is 0.196. The Morgan fingerprint density at radius 3 is 2.37 bits per heavy atom. The highest BCUT2D eigenvalue weighted by molar-refractivity contribution is 6.02. The number of aromatic nitrogens is 4. The molecule has 0 amide bonds. The van der Waals surface area contributed by atoms with Gasteiger partial charge < -0.3 is 0 Å². The summed E-state index contributed by atoms with van der Waals surface area (Å²) in [5, 5.41) is 16.8. The van der Waals surface area contributed by atoms with Crippen LogP contribution in [0.2, 0.25) is 0 Å². The monoisotopic (exact) mass is 369 g/mol. The smallest absolute Gasteiger partial charge is 0.297 e. The second-order valence-electron chi connectivity index (χ2n) is 6.25. The van der Waals surface area contributed by atoms with E-state index in [1.165, 1.54) is 28.8 Å². The number of fused-ring (bicyclic) bond motifs is 3. The third-order valence-electron chi connectivity index (χ3n) is 4.61. The van der Waals surface area contributed by atoms with Crippen molar-refractivity contribution in [1.82, 2.24) is 18.7 Å². The van der Waals surface area contributed by atoms with Crippen molar-refractivity contribution in [1.29, 1.82) is 0 Å². The van der Waals surface area contributed by atoms with E-state index in [1.807, 2.05) is 0 Å². The van der Waals surface area contributed by atoms with Crippen molar-refractivity contribution in [3.8, 4) is 0 Å². The second-order valence-corrected chi connectivity index (χ2v) is 6.25. The summed E-state index contributed by atoms with van der Waals surface area (Å²) >= 11 is 0. The predicted molar refractivity (Wildman–Crippen MR) is 98.3 cm³/mol. The Morgan fingerprint density at radius 1 is 1.07 bits per heavy atom. The maximum absolute atomic E-state index is 12.7. The minimum absolute atomic E-state index is 0.0128. The molecule has 0 radical (unpaired) electrons. The highest BCUT2D eigenvalue weighted by Gasteiger charge is 2.26. The van der Waals surface area contributed by atoms with Gasteiger partial charge >= 0.3 is 5.69 Å². The lowest BCUT2D eigenvalue weighted by Crippen LogP contribution is -2.38. The van der Waals surface area contributed by atoms with Gasteiger partial charge in [-0.2, -0.15) is 10.1 Å². The molecule has 138 valence electrons. The van der Waals surface area contributed by atoms with Crippen LogP contribution in [0.4, 0.5) is 11.6 Å². The van der Waals surface area contributed by atoms with E-state index in [9.17, 15) is 19.7 Å². The van der Waals surface area contributed by atoms with E-state index in [2.05, 4.69) is 10.1 Å². The molecule has 27 heavy (non-hydrogen) atoms. The van der Waals surface area contributed by atoms with Gasteiger partial charge in [0.2, 0.25) is 5.95 Å². The summed E-state index contributed by atoms with van der Waals surface area (Å²) in [5.74, 6) is 0.439. The average Bonchev–Trinajstić information content (AvgIpc) is 3.05. The van der Waals surface area contributed by atoms with Gasteiger partial charge in [-0.1, -0.05) is 0 Å². The van der Waals surface area contributed by atoms with Gasteiger partial charge in [0.25, 0.3) is 11.2 Å². The molecule has 11 heteroatoms. The molecule has 2 aromatic heterocycles. The molecule has 0 fully saturated rings. The molecule has 0 saturated carbocycles. The molecule has 11 nitrogen and oxygen atoms in total. The lowest BCUT2D eigenvalue weighted by Gasteiger charge is -2.22. The van der Waals surface area contributed by atoms with Gasteiger partial charge in [-0.25, -0.2) is 9.80 Å². The van der Waals surface area contributed by atoms with Crippen LogP contribution in [0.1, 0.15) is 5.56 Å². The van der Waals surface area contributed by atoms with Gasteiger partial charge in [0, 0.05) is 38.8 Å². The van der Waals surface area contributed by atoms with Crippen LogP contribution in [0.5, 0.6) is 0 Å². The van der Waals surface area contributed by atoms with Gasteiger partial charge in [-0.05, 0) is 12.1 Å². The van der Waals surface area contributed by atoms with E-state index < -0.39 is 16.2 Å². The fraction of sp³-hybridized carbons (Fsp3) is 0.250. The van der Waals surface area contributed by atoms with Crippen molar-refractivity contribution < 1.29 is 4.92 Å². The first-order valence-electron chi connectivity index (χ1n) is 8.02. The molecule has 1 aromatic carbocycles. The van der Waals surface area contributed by atoms with Crippen LogP contribution in [0.15, 0.2) is 39.0 Å². The van der Waals surface area contributed by atoms with Crippen LogP contribution in [-0.4, -0.2) is 36.4 Å². The number of hydrazone groups is 1. The SMILES string of the molecule is CN1N=C(c2ccc([N+](=O)[O-])cc2)Cn2c1nc1c2c(=O)n(C)c(=O)n1C. The van der Waals surface area contributed by atoms with E-state index in [0.717, 1.165) is 4.57 Å². The number of nitro groups is 1. The fourth-order valence-electron chi connectivity index (χ4n) is 3.16. The van der Waals surface area contributed by atoms with E-state index >= 15 is 0 Å². The third kappa shape index (κ3) is 2.35. The van der Waals surface area contributed by atoms with Crippen molar-refractivity contribution in [2.75, 3.05) is 12.1 Å². The summed E-state index contributed by atoms with van der Waals surface area (Å²) in [6.07, 6.45) is 0. The van der Waals surface area contributed by atoms with Crippen molar-refractivity contribution in [2.24, 2.45) is 19.2 Å². The van der Waals surface area contributed by atoms with Gasteiger partial charge in [0.15, 0.2) is 11.2 Å². The molecule has 3 heterocycles. The molecule has 0 aliphatic carbocycles. The normalized spacial score (nSPS) is 13.6. The number of hydrogen-bond acceptors (Lipinski definition) is 7. The van der Waals surface area contributed by atoms with Crippen LogP contribution in [0, 0.1) is 10.1 Å². The Balaban J connectivity index is 1.88. The van der Waals surface area contributed by atoms with E-state index in [4.69, 9.17) is 0 Å². The topological polar surface area (TPSA) is 121 Å². The number of imidazole rings is 1. The molecule has 0 N–H and O–H groups in total. The van der Waals surface area contributed by atoms with Crippen molar-refractivity contribution >= 4 is 28.5 Å². The first-order valence-corrected chi connectivity index (χ1v) is 8.02. The quantitative estimate of drug-likeness (QED) is 0.470. The summed E-state index contributed by atoms with van der Waals surface area (Å²) in [4.78, 5) is 39.6. The van der Waals surface area contributed by atoms with Crippen LogP contribution in [0.25, 0.3) is 11.2 Å². The number of rotatable bonds is 2. The molecular weight excluding hydrogens is 354 g/mol. The summed E-state index contributed by atoms with van der Waals surface area (Å²) in [6.45, 7) is 0.251. The maximum Gasteiger partial charge on any atom is 0.332 e. The zero-order valence-corrected chi connectivity index (χ0v) is 14.8. The van der Waals surface area contributed by atoms with Gasteiger partial charge in [0.05, 0.1) is 17.2 Å². The Kier molecular flexibility index (Phi) is 3.48. The number of benzene rings is 1. The molecule has 0 spiro atoms. The number of anilines is 1. The standard InChI is InChI=1S/C16H15N7O4/c1-19-13-12(14(24)20(2)16(19)25)22-8-11(18-21(3)15(22)17-13)9-4-6-10(7-5-9)23(26)27/h4-7H,8H2,1-3H3. The molecule has 0 saturated heterocycles. The number of hydrogen-bond donors (Lipinski definition) is 0. The van der Waals surface area contributed by atoms with Crippen LogP contribution in [-0.2, 0) is 20.6 Å². The Hall–Kier alpha value is -3.76. The molecule has 4 rings (SSSR count). The molecule has 3 aromatic rings. The second kappa shape index (κ2) is 5.62. The van der Waals surface area contributed by atoms with Crippen molar-refractivity contribution in [2.45, 2.75) is 6.54 Å². The van der Waals surface area contributed by atoms with E-state index in [1.54, 1.807) is 30.8 Å². The fourth-order valence-corrected chi connectivity index (χ4v) is 3.16. The summed E-state index contributed by atoms with van der Waals surface area (Å²) < 4.78 is 4.05. The highest BCUT2D eigenvalue weighted by atomic mass is 16.6. The molecule has 0 atom stereocenters. The maximum atomic E-state index is 12.7. The average molecular weight is 369 g/mol. The Morgan fingerprint density at radius 2 is 1.74 bits per heavy atom. The lowest BCUT2D eigenvalue weighted by atomic mass is 10.1. The first kappa shape index (κ1) is 16.7. The number of non-ortho nitro benzene ring substituents is 1. The zero-order chi connectivity index (χ0) is 19.5. The molecule has 0 unspecified atom stereocenters. The molecular formula is C16H15N7O4. The first-order chi connectivity index (χ1) is 12.8. The van der Waals surface area contributed by atoms with Gasteiger partial charge in [0.1, 0.15) is 0 Å². The number of aryl methyl sites for hydroxylation is 1. The van der Waals surface area contributed by atoms with Crippen LogP contribution >= 0.6 is 0 Å². The Labute approximate surface area is 151 Å². The van der Waals surface area contributed by atoms with Gasteiger partial charge in [-0.15, -0.1) is 0 Å². The van der Waals surface area contributed by atoms with Crippen molar-refractivity contribution in [3.05, 3.63) is 60.8 Å². The minimum atomic E-state index is -0.468. The summed E-state index contributed by atoms with van der Waals surface area (Å²) in [7, 11) is 4.66. The zero-order valence-electron chi connectivity index (χ0n) is 14.8. The van der Waals surface area contributed by atoms with E-state index in [-0.39, 0.29) is 17.9 Å². The van der Waals surface area contributed by atoms with E-state index in [0.29, 0.717) is 22.7 Å². The van der Waals surface area contributed by atoms with Crippen molar-refractivity contribution in [3.63, 3.8) is 0 Å². The largest absolute Gasteiger partial charge is 0.332 e. The van der Waals surface area contributed by atoms with Gasteiger partial charge in [-0.3, -0.25) is 28.6 Å². The molecule has 0 bridgehead atoms. The molecule has 1 aliphatic rings. The lowest BCUT2D eigenvalue weighted by molar-refractivity contribution is -0.384. The minimum Gasteiger partial charge on any atom is -0.297 e. The number of nitro benzene ring substituents is 1. The molecule has 1 aliphatic heterocycles. The van der Waals surface area contributed by atoms with Crippen LogP contribution < -0.4 is 16.3 Å². The third-order valence-corrected chi connectivity index (χ3v) is 4.61. The summed E-state index contributed by atoms with van der Waals surface area (Å²) in [6, 6.07) is 6.04. The Bertz CT molecular complexity index is 1250.